The van der Waals surface area contributed by atoms with Gasteiger partial charge in [0.1, 0.15) is 5.78 Å². The number of piperidine rings is 1. The van der Waals surface area contributed by atoms with E-state index in [9.17, 15) is 9.59 Å². The summed E-state index contributed by atoms with van der Waals surface area (Å²) in [5.74, 6) is 0.220. The smallest absolute Gasteiger partial charge is 0.314 e. The quantitative estimate of drug-likeness (QED) is 0.539. The first-order valence-corrected chi connectivity index (χ1v) is 3.76. The summed E-state index contributed by atoms with van der Waals surface area (Å²) in [4.78, 5) is 22.6. The summed E-state index contributed by atoms with van der Waals surface area (Å²) in [7, 11) is 0. The van der Waals surface area contributed by atoms with Crippen molar-refractivity contribution >= 4 is 11.8 Å². The van der Waals surface area contributed by atoms with Crippen LogP contribution in [0, 0.1) is 0 Å². The van der Waals surface area contributed by atoms with Crippen molar-refractivity contribution in [2.75, 3.05) is 13.1 Å². The summed E-state index contributed by atoms with van der Waals surface area (Å²) >= 11 is 0. The number of carbonyl (C=O) groups excluding carboxylic acids is 2. The average Bonchev–Trinajstić information content (AvgIpc) is 2.09. The Bertz CT molecular complexity index is 170. The van der Waals surface area contributed by atoms with Gasteiger partial charge in [-0.15, -0.1) is 13.2 Å². The molecule has 0 radical (unpaired) electrons. The predicted molar refractivity (Wildman–Crippen MR) is 46.7 cm³/mol. The summed E-state index contributed by atoms with van der Waals surface area (Å²) in [6.07, 6.45) is 0.922. The fourth-order valence-corrected chi connectivity index (χ4v) is 0.977. The van der Waals surface area contributed by atoms with E-state index in [1.54, 1.807) is 0 Å². The van der Waals surface area contributed by atoms with Gasteiger partial charge in [0, 0.05) is 25.9 Å². The van der Waals surface area contributed by atoms with E-state index in [0.29, 0.717) is 25.9 Å². The van der Waals surface area contributed by atoms with Gasteiger partial charge in [-0.2, -0.15) is 0 Å². The molecular weight excluding hydrogens is 156 g/mol. The third-order valence-corrected chi connectivity index (χ3v) is 1.63. The van der Waals surface area contributed by atoms with Crippen LogP contribution in [-0.4, -0.2) is 29.8 Å². The number of nitrogens with zero attached hydrogens (tertiary/aromatic N) is 1. The normalized spacial score (nSPS) is 16.3. The molecule has 0 spiro atoms. The maximum Gasteiger partial charge on any atom is 0.314 e. The second kappa shape index (κ2) is 5.35. The Morgan fingerprint density at radius 1 is 1.33 bits per heavy atom. The Kier molecular flexibility index (Phi) is 4.76. The number of rotatable bonds is 0. The lowest BCUT2D eigenvalue weighted by molar-refractivity contribution is -0.120. The molecule has 0 aromatic rings. The van der Waals surface area contributed by atoms with Crippen molar-refractivity contribution in [2.45, 2.75) is 12.8 Å². The van der Waals surface area contributed by atoms with E-state index >= 15 is 0 Å². The number of urea groups is 1. The molecule has 1 heterocycles. The predicted octanol–water partition coefficient (Wildman–Crippen LogP) is 0.532. The summed E-state index contributed by atoms with van der Waals surface area (Å²) in [6.45, 7) is 6.99. The molecule has 4 nitrogen and oxygen atoms in total. The highest BCUT2D eigenvalue weighted by molar-refractivity contribution is 5.82. The standard InChI is InChI=1S/C6H10N2O2.C2H4/c7-6(10)8-3-1-5(9)2-4-8;1-2/h1-4H2,(H2,7,10);1-2H2. The van der Waals surface area contributed by atoms with Gasteiger partial charge in [0.15, 0.2) is 0 Å². The van der Waals surface area contributed by atoms with Crippen LogP contribution in [0.15, 0.2) is 13.2 Å². The molecule has 12 heavy (non-hydrogen) atoms. The highest BCUT2D eigenvalue weighted by atomic mass is 16.2. The molecule has 1 rings (SSSR count). The molecule has 1 aliphatic rings. The number of amides is 2. The number of hydrogen-bond acceptors (Lipinski definition) is 2. The van der Waals surface area contributed by atoms with Gasteiger partial charge >= 0.3 is 6.03 Å². The van der Waals surface area contributed by atoms with Crippen LogP contribution in [0.5, 0.6) is 0 Å². The lowest BCUT2D eigenvalue weighted by Crippen LogP contribution is -2.41. The molecule has 0 bridgehead atoms. The van der Waals surface area contributed by atoms with Gasteiger partial charge in [0.05, 0.1) is 0 Å². The van der Waals surface area contributed by atoms with E-state index < -0.39 is 6.03 Å². The molecule has 0 atom stereocenters. The van der Waals surface area contributed by atoms with Crippen LogP contribution in [0.25, 0.3) is 0 Å². The Morgan fingerprint density at radius 3 is 2.08 bits per heavy atom. The maximum atomic E-state index is 10.7. The van der Waals surface area contributed by atoms with Crippen LogP contribution >= 0.6 is 0 Å². The first-order valence-electron chi connectivity index (χ1n) is 3.76. The maximum absolute atomic E-state index is 10.7. The molecule has 0 aromatic carbocycles. The minimum absolute atomic E-state index is 0.220. The molecule has 2 amide bonds. The summed E-state index contributed by atoms with van der Waals surface area (Å²) < 4.78 is 0. The zero-order chi connectivity index (χ0) is 9.56. The number of carbonyl (C=O) groups is 2. The number of ketones is 1. The van der Waals surface area contributed by atoms with Gasteiger partial charge in [0.25, 0.3) is 0 Å². The van der Waals surface area contributed by atoms with Crippen LogP contribution in [0.1, 0.15) is 12.8 Å². The zero-order valence-electron chi connectivity index (χ0n) is 7.08. The van der Waals surface area contributed by atoms with Crippen LogP contribution in [0.4, 0.5) is 4.79 Å². The van der Waals surface area contributed by atoms with Crippen molar-refractivity contribution in [3.63, 3.8) is 0 Å². The molecule has 1 saturated heterocycles. The van der Waals surface area contributed by atoms with Crippen LogP contribution in [0.3, 0.4) is 0 Å². The Balaban J connectivity index is 0.000000561. The number of primary amides is 1. The second-order valence-corrected chi connectivity index (χ2v) is 2.36. The van der Waals surface area contributed by atoms with Gasteiger partial charge in [-0.1, -0.05) is 0 Å². The van der Waals surface area contributed by atoms with Crippen molar-refractivity contribution < 1.29 is 9.59 Å². The molecule has 0 saturated carbocycles. The van der Waals surface area contributed by atoms with E-state index in [-0.39, 0.29) is 5.78 Å². The van der Waals surface area contributed by atoms with E-state index in [2.05, 4.69) is 13.2 Å². The van der Waals surface area contributed by atoms with E-state index in [1.807, 2.05) is 0 Å². The second-order valence-electron chi connectivity index (χ2n) is 2.36. The molecule has 0 aliphatic carbocycles. The minimum atomic E-state index is -0.424. The number of nitrogens with two attached hydrogens (primary N) is 1. The highest BCUT2D eigenvalue weighted by Crippen LogP contribution is 2.03. The molecule has 1 aliphatic heterocycles. The molecule has 2 N–H and O–H groups in total. The summed E-state index contributed by atoms with van der Waals surface area (Å²) in [6, 6.07) is -0.424. The van der Waals surface area contributed by atoms with Gasteiger partial charge in [0.2, 0.25) is 0 Å². The Labute approximate surface area is 72.0 Å². The summed E-state index contributed by atoms with van der Waals surface area (Å²) in [5.41, 5.74) is 4.99. The number of hydrogen-bond donors (Lipinski definition) is 1. The topological polar surface area (TPSA) is 63.4 Å². The average molecular weight is 170 g/mol. The summed E-state index contributed by atoms with van der Waals surface area (Å²) in [5, 5.41) is 0. The molecule has 1 fully saturated rings. The lowest BCUT2D eigenvalue weighted by Gasteiger charge is -2.23. The van der Waals surface area contributed by atoms with Crippen LogP contribution < -0.4 is 5.73 Å². The SMILES string of the molecule is C=C.NC(=O)N1CCC(=O)CC1. The largest absolute Gasteiger partial charge is 0.351 e. The van der Waals surface area contributed by atoms with E-state index in [4.69, 9.17) is 5.73 Å². The van der Waals surface area contributed by atoms with Gasteiger partial charge < -0.3 is 10.6 Å². The van der Waals surface area contributed by atoms with E-state index in [1.165, 1.54) is 4.90 Å². The number of likely N-dealkylation sites (tertiary alicyclic amines) is 1. The highest BCUT2D eigenvalue weighted by Gasteiger charge is 2.17. The molecule has 68 valence electrons. The van der Waals surface area contributed by atoms with Crippen molar-refractivity contribution in [1.82, 2.24) is 4.90 Å². The first kappa shape index (κ1) is 10.7. The van der Waals surface area contributed by atoms with Crippen molar-refractivity contribution in [1.29, 1.82) is 0 Å². The van der Waals surface area contributed by atoms with Crippen molar-refractivity contribution in [2.24, 2.45) is 5.73 Å². The minimum Gasteiger partial charge on any atom is -0.351 e. The van der Waals surface area contributed by atoms with Gasteiger partial charge in [-0.3, -0.25) is 4.79 Å². The van der Waals surface area contributed by atoms with Crippen molar-refractivity contribution in [3.05, 3.63) is 13.2 Å². The third kappa shape index (κ3) is 3.18. The van der Waals surface area contributed by atoms with Gasteiger partial charge in [-0.25, -0.2) is 4.79 Å². The lowest BCUT2D eigenvalue weighted by atomic mass is 10.1. The van der Waals surface area contributed by atoms with E-state index in [0.717, 1.165) is 0 Å². The molecule has 0 aromatic heterocycles. The monoisotopic (exact) mass is 170 g/mol. The first-order chi connectivity index (χ1) is 5.70. The Morgan fingerprint density at radius 2 is 1.75 bits per heavy atom. The number of Topliss-reactive ketones (excluding diaryl/α,β-unsaturated/α-hetero) is 1. The van der Waals surface area contributed by atoms with Gasteiger partial charge in [-0.05, 0) is 0 Å². The van der Waals surface area contributed by atoms with Crippen molar-refractivity contribution in [3.8, 4) is 0 Å². The molecular formula is C8H14N2O2. The zero-order valence-corrected chi connectivity index (χ0v) is 7.08. The fourth-order valence-electron chi connectivity index (χ4n) is 0.977. The molecule has 4 heteroatoms. The third-order valence-electron chi connectivity index (χ3n) is 1.63. The van der Waals surface area contributed by atoms with Crippen LogP contribution in [-0.2, 0) is 4.79 Å². The molecule has 0 unspecified atom stereocenters. The van der Waals surface area contributed by atoms with Crippen LogP contribution in [0.2, 0.25) is 0 Å². The Hall–Kier alpha value is -1.32. The fraction of sp³-hybridized carbons (Fsp3) is 0.500.